The summed E-state index contributed by atoms with van der Waals surface area (Å²) in [6.45, 7) is 0. The highest BCUT2D eigenvalue weighted by Crippen LogP contribution is 2.53. The molecule has 5 rings (SSSR count). The Balaban J connectivity index is 0.000000115. The Morgan fingerprint density at radius 3 is 0.647 bits per heavy atom. The molecule has 0 aromatic heterocycles. The van der Waals surface area contributed by atoms with Crippen molar-refractivity contribution >= 4 is 0 Å². The van der Waals surface area contributed by atoms with Crippen LogP contribution >= 0.6 is 0 Å². The van der Waals surface area contributed by atoms with Crippen LogP contribution in [-0.2, 0) is 0 Å². The van der Waals surface area contributed by atoms with Crippen molar-refractivity contribution in [2.45, 2.75) is 83.5 Å². The van der Waals surface area contributed by atoms with E-state index in [0.29, 0.717) is 0 Å². The zero-order chi connectivity index (χ0) is 11.5. The van der Waals surface area contributed by atoms with E-state index in [4.69, 9.17) is 0 Å². The predicted molar refractivity (Wildman–Crippen MR) is 74.0 cm³/mol. The summed E-state index contributed by atoms with van der Waals surface area (Å²) in [6.07, 6.45) is 20.1. The molecule has 5 aliphatic carbocycles. The van der Waals surface area contributed by atoms with Crippen LogP contribution in [0, 0.1) is 23.7 Å². The highest BCUT2D eigenvalue weighted by molar-refractivity contribution is 4.92. The molecule has 4 bridgehead atoms. The lowest BCUT2D eigenvalue weighted by Gasteiger charge is -2.49. The van der Waals surface area contributed by atoms with Crippen LogP contribution in [0.5, 0.6) is 0 Å². The predicted octanol–water partition coefficient (Wildman–Crippen LogP) is 5.56. The van der Waals surface area contributed by atoms with E-state index in [9.17, 15) is 0 Å². The monoisotopic (exact) mass is 234 g/mol. The van der Waals surface area contributed by atoms with Crippen LogP contribution in [0.3, 0.4) is 0 Å². The topological polar surface area (TPSA) is 0 Å². The lowest BCUT2D eigenvalue weighted by molar-refractivity contribution is 0.0198. The minimum absolute atomic E-state index is 1.18. The minimum Gasteiger partial charge on any atom is -0.0533 e. The third-order valence-corrected chi connectivity index (χ3v) is 5.75. The van der Waals surface area contributed by atoms with Gasteiger partial charge >= 0.3 is 0 Å². The Kier molecular flexibility index (Phi) is 4.08. The zero-order valence-corrected chi connectivity index (χ0v) is 11.5. The summed E-state index contributed by atoms with van der Waals surface area (Å²) in [5.41, 5.74) is 0. The van der Waals surface area contributed by atoms with Gasteiger partial charge in [-0.2, -0.15) is 0 Å². The van der Waals surface area contributed by atoms with Gasteiger partial charge in [0.05, 0.1) is 0 Å². The van der Waals surface area contributed by atoms with Gasteiger partial charge in [0.1, 0.15) is 0 Å². The van der Waals surface area contributed by atoms with Crippen LogP contribution in [0.1, 0.15) is 83.5 Å². The maximum atomic E-state index is 1.60. The van der Waals surface area contributed by atoms with Crippen molar-refractivity contribution < 1.29 is 0 Å². The summed E-state index contributed by atoms with van der Waals surface area (Å²) in [5, 5.41) is 0. The van der Waals surface area contributed by atoms with Gasteiger partial charge in [-0.1, -0.05) is 44.9 Å². The summed E-state index contributed by atoms with van der Waals surface area (Å²) in [7, 11) is 0. The largest absolute Gasteiger partial charge is 0.0533 e. The third kappa shape index (κ3) is 3.26. The molecule has 5 fully saturated rings. The second kappa shape index (κ2) is 5.76. The fourth-order valence-electron chi connectivity index (χ4n) is 5.22. The Morgan fingerprint density at radius 2 is 0.471 bits per heavy atom. The average Bonchev–Trinajstić information content (AvgIpc) is 2.59. The smallest absolute Gasteiger partial charge is 0.0406 e. The van der Waals surface area contributed by atoms with E-state index < -0.39 is 0 Å². The van der Waals surface area contributed by atoms with Crippen molar-refractivity contribution in [2.75, 3.05) is 0 Å². The van der Waals surface area contributed by atoms with Crippen molar-refractivity contribution in [3.63, 3.8) is 0 Å². The summed E-state index contributed by atoms with van der Waals surface area (Å²) < 4.78 is 0. The van der Waals surface area contributed by atoms with E-state index >= 15 is 0 Å². The van der Waals surface area contributed by atoms with E-state index in [1.165, 1.54) is 68.6 Å². The first-order valence-corrected chi connectivity index (χ1v) is 8.40. The molecule has 0 unspecified atom stereocenters. The fourth-order valence-corrected chi connectivity index (χ4v) is 5.22. The first-order chi connectivity index (χ1) is 8.40. The molecule has 0 spiro atoms. The molecule has 0 aromatic carbocycles. The number of rotatable bonds is 0. The van der Waals surface area contributed by atoms with Crippen molar-refractivity contribution in [3.8, 4) is 0 Å². The van der Waals surface area contributed by atoms with Gasteiger partial charge in [0.2, 0.25) is 0 Å². The molecule has 0 heteroatoms. The molecule has 0 aliphatic heterocycles. The van der Waals surface area contributed by atoms with Gasteiger partial charge < -0.3 is 0 Å². The molecule has 0 amide bonds. The standard InChI is InChI=1S/C10H16.C7H14/c1-7-2-9-4-8(1)5-10(3-7)6-9;1-2-4-6-7-5-3-1/h7-10H,1-6H2;1-7H2. The van der Waals surface area contributed by atoms with Crippen molar-refractivity contribution in [1.82, 2.24) is 0 Å². The highest BCUT2D eigenvalue weighted by atomic mass is 14.5. The summed E-state index contributed by atoms with van der Waals surface area (Å²) in [5.74, 6) is 4.71. The Labute approximate surface area is 108 Å². The Bertz CT molecular complexity index is 154. The van der Waals surface area contributed by atoms with E-state index in [2.05, 4.69) is 0 Å². The SMILES string of the molecule is C1C2CC3CC1CC(C2)C3.C1CCCCCC1. The van der Waals surface area contributed by atoms with Crippen LogP contribution in [0.15, 0.2) is 0 Å². The van der Waals surface area contributed by atoms with Crippen molar-refractivity contribution in [1.29, 1.82) is 0 Å². The van der Waals surface area contributed by atoms with Gasteiger partial charge in [-0.25, -0.2) is 0 Å². The summed E-state index contributed by atoms with van der Waals surface area (Å²) in [4.78, 5) is 0. The molecule has 5 aliphatic rings. The Hall–Kier alpha value is 0. The molecular weight excluding hydrogens is 204 g/mol. The molecular formula is C17H30. The quantitative estimate of drug-likeness (QED) is 0.481. The van der Waals surface area contributed by atoms with Gasteiger partial charge in [-0.05, 0) is 62.2 Å². The molecule has 5 saturated carbocycles. The summed E-state index contributed by atoms with van der Waals surface area (Å²) >= 11 is 0. The lowest BCUT2D eigenvalue weighted by Crippen LogP contribution is -2.38. The van der Waals surface area contributed by atoms with E-state index in [-0.39, 0.29) is 0 Å². The molecule has 0 atom stereocenters. The van der Waals surface area contributed by atoms with Crippen LogP contribution in [-0.4, -0.2) is 0 Å². The molecule has 0 saturated heterocycles. The number of hydrogen-bond acceptors (Lipinski definition) is 0. The van der Waals surface area contributed by atoms with E-state index in [1.807, 2.05) is 0 Å². The van der Waals surface area contributed by atoms with Crippen molar-refractivity contribution in [3.05, 3.63) is 0 Å². The lowest BCUT2D eigenvalue weighted by atomic mass is 9.56. The molecule has 0 N–H and O–H groups in total. The minimum atomic E-state index is 1.18. The Morgan fingerprint density at radius 1 is 0.294 bits per heavy atom. The molecule has 0 aromatic rings. The second-order valence-corrected chi connectivity index (χ2v) is 7.35. The number of hydrogen-bond donors (Lipinski definition) is 0. The second-order valence-electron chi connectivity index (χ2n) is 7.35. The zero-order valence-electron chi connectivity index (χ0n) is 11.5. The molecule has 0 radical (unpaired) electrons. The summed E-state index contributed by atoms with van der Waals surface area (Å²) in [6, 6.07) is 0. The van der Waals surface area contributed by atoms with Gasteiger partial charge in [0.25, 0.3) is 0 Å². The maximum absolute atomic E-state index is 1.60. The average molecular weight is 234 g/mol. The van der Waals surface area contributed by atoms with Crippen molar-refractivity contribution in [2.24, 2.45) is 23.7 Å². The van der Waals surface area contributed by atoms with Crippen LogP contribution < -0.4 is 0 Å². The van der Waals surface area contributed by atoms with E-state index in [0.717, 1.165) is 0 Å². The van der Waals surface area contributed by atoms with Crippen LogP contribution in [0.25, 0.3) is 0 Å². The third-order valence-electron chi connectivity index (χ3n) is 5.75. The van der Waals surface area contributed by atoms with Crippen LogP contribution in [0.4, 0.5) is 0 Å². The normalized spacial score (nSPS) is 43.8. The van der Waals surface area contributed by atoms with E-state index in [1.54, 1.807) is 38.5 Å². The van der Waals surface area contributed by atoms with Gasteiger partial charge in [-0.15, -0.1) is 0 Å². The maximum Gasteiger partial charge on any atom is -0.0406 e. The van der Waals surface area contributed by atoms with Gasteiger partial charge in [-0.3, -0.25) is 0 Å². The molecule has 17 heavy (non-hydrogen) atoms. The highest BCUT2D eigenvalue weighted by Gasteiger charge is 2.41. The molecule has 0 heterocycles. The van der Waals surface area contributed by atoms with Crippen LogP contribution in [0.2, 0.25) is 0 Å². The fraction of sp³-hybridized carbons (Fsp3) is 1.00. The molecule has 98 valence electrons. The first-order valence-electron chi connectivity index (χ1n) is 8.40. The van der Waals surface area contributed by atoms with Gasteiger partial charge in [0, 0.05) is 0 Å². The molecule has 0 nitrogen and oxygen atoms in total. The van der Waals surface area contributed by atoms with Gasteiger partial charge in [0.15, 0.2) is 0 Å². The first kappa shape index (κ1) is 12.1.